The number of likely N-dealkylation sites (N-methyl/N-ethyl adjacent to an activating group) is 1. The Labute approximate surface area is 486 Å². The molecule has 17 nitrogen and oxygen atoms in total. The van der Waals surface area contributed by atoms with E-state index in [9.17, 15) is 29.4 Å². The van der Waals surface area contributed by atoms with Crippen molar-refractivity contribution in [2.75, 3.05) is 53.8 Å². The first-order valence-corrected chi connectivity index (χ1v) is 30.3. The number of methoxy groups -OCH3 is 2. The number of hydrogen-bond donors (Lipinski definition) is 4. The molecule has 3 rings (SSSR count). The summed E-state index contributed by atoms with van der Waals surface area (Å²) >= 11 is 1.64. The maximum absolute atomic E-state index is 13.5. The number of nitrogens with one attached hydrogen (secondary N) is 1. The molecule has 0 aliphatic carbocycles. The monoisotopic (exact) mass is 1150 g/mol. The molecule has 1 fully saturated rings. The van der Waals surface area contributed by atoms with Crippen LogP contribution in [0.3, 0.4) is 0 Å². The van der Waals surface area contributed by atoms with Crippen molar-refractivity contribution in [2.45, 2.75) is 241 Å². The molecule has 18 heteroatoms. The Morgan fingerprint density at radius 3 is 2.04 bits per heavy atom. The molecule has 2 heterocycles. The van der Waals surface area contributed by atoms with Crippen LogP contribution in [0.5, 0.6) is 0 Å². The zero-order chi connectivity index (χ0) is 61.9. The number of carbonyl (C=O) groups is 4. The summed E-state index contributed by atoms with van der Waals surface area (Å²) in [5.74, 6) is -0.160. The van der Waals surface area contributed by atoms with Gasteiger partial charge in [-0.1, -0.05) is 82.6 Å². The van der Waals surface area contributed by atoms with Crippen LogP contribution in [0.25, 0.3) is 10.9 Å². The number of ether oxygens (including phenoxy) is 6. The van der Waals surface area contributed by atoms with E-state index in [2.05, 4.69) is 46.9 Å². The van der Waals surface area contributed by atoms with Gasteiger partial charge in [-0.05, 0) is 118 Å². The zero-order valence-electron chi connectivity index (χ0n) is 53.4. The van der Waals surface area contributed by atoms with Crippen molar-refractivity contribution in [1.29, 1.82) is 0 Å². The van der Waals surface area contributed by atoms with Crippen LogP contribution in [0.1, 0.15) is 180 Å². The number of pyridine rings is 1. The molecule has 1 aromatic heterocycles. The minimum Gasteiger partial charge on any atom is -0.483 e. The van der Waals surface area contributed by atoms with Gasteiger partial charge in [-0.15, -0.1) is 11.8 Å². The fraction of sp³-hybridized carbons (Fsp3) is 0.790. The first-order chi connectivity index (χ1) is 37.3. The van der Waals surface area contributed by atoms with Crippen molar-refractivity contribution in [3.05, 3.63) is 40.2 Å². The molecule has 1 saturated heterocycles. The number of Topliss-reactive ketones (excluding diaryl/α,β-unsaturated/α-hetero) is 2. The highest BCUT2D eigenvalue weighted by Crippen LogP contribution is 2.38. The Kier molecular flexibility index (Phi) is 36.2. The number of esters is 1. The van der Waals surface area contributed by atoms with Gasteiger partial charge in [-0.3, -0.25) is 24.0 Å². The lowest BCUT2D eigenvalue weighted by Crippen LogP contribution is -2.58. The SMILES string of the molecule is CC.CCC(=O)C(C)C(OC(C)CC(C)(OC)C(OC(=O)CCNCCSc1ccc2c(=O)c(C(C)=O)cn(CC)c2c1)C(C)C)C(C)C(OC1OCCC(N(C)C)C1O)C(C)(O)CC(C)CC.COC(C)(C)CC(C)C.O=CO. The second-order valence-corrected chi connectivity index (χ2v) is 24.5. The molecule has 2 aromatic rings. The van der Waals surface area contributed by atoms with Gasteiger partial charge in [-0.25, -0.2) is 0 Å². The summed E-state index contributed by atoms with van der Waals surface area (Å²) in [5, 5.41) is 34.4. The van der Waals surface area contributed by atoms with Crippen molar-refractivity contribution in [2.24, 2.45) is 29.6 Å². The molecule has 0 bridgehead atoms. The van der Waals surface area contributed by atoms with Gasteiger partial charge in [0.15, 0.2) is 17.5 Å². The lowest BCUT2D eigenvalue weighted by atomic mass is 9.76. The van der Waals surface area contributed by atoms with Crippen LogP contribution < -0.4 is 10.7 Å². The smallest absolute Gasteiger partial charge is 0.307 e. The number of aliphatic hydroxyl groups excluding tert-OH is 1. The number of ketones is 2. The second-order valence-electron chi connectivity index (χ2n) is 23.3. The molecule has 80 heavy (non-hydrogen) atoms. The number of rotatable bonds is 32. The predicted molar refractivity (Wildman–Crippen MR) is 323 cm³/mol. The highest BCUT2D eigenvalue weighted by Gasteiger charge is 2.48. The molecule has 0 radical (unpaired) electrons. The van der Waals surface area contributed by atoms with Crippen molar-refractivity contribution in [1.82, 2.24) is 14.8 Å². The fourth-order valence-electron chi connectivity index (χ4n) is 10.7. The Morgan fingerprint density at radius 1 is 0.938 bits per heavy atom. The molecule has 464 valence electrons. The van der Waals surface area contributed by atoms with Crippen LogP contribution >= 0.6 is 11.8 Å². The van der Waals surface area contributed by atoms with E-state index in [-0.39, 0.29) is 64.9 Å². The maximum atomic E-state index is 13.5. The van der Waals surface area contributed by atoms with Crippen LogP contribution in [-0.2, 0) is 49.3 Å². The summed E-state index contributed by atoms with van der Waals surface area (Å²) < 4.78 is 39.2. The Balaban J connectivity index is 0.00000396. The normalized spacial score (nSPS) is 19.8. The van der Waals surface area contributed by atoms with E-state index in [1.165, 1.54) is 6.92 Å². The average Bonchev–Trinajstić information content (AvgIpc) is 3.39. The quantitative estimate of drug-likeness (QED) is 0.0176. The number of fused-ring (bicyclic) bond motifs is 1. The minimum atomic E-state index is -1.36. The van der Waals surface area contributed by atoms with Gasteiger partial charge in [0.05, 0.1) is 53.6 Å². The number of aromatic nitrogens is 1. The number of aryl methyl sites for hydroxylation is 1. The van der Waals surface area contributed by atoms with E-state index in [0.29, 0.717) is 57.3 Å². The van der Waals surface area contributed by atoms with Gasteiger partial charge in [0, 0.05) is 86.8 Å². The molecule has 12 atom stereocenters. The van der Waals surface area contributed by atoms with Crippen molar-refractivity contribution >= 4 is 46.7 Å². The highest BCUT2D eigenvalue weighted by molar-refractivity contribution is 7.99. The van der Waals surface area contributed by atoms with Crippen molar-refractivity contribution < 1.29 is 62.9 Å². The summed E-state index contributed by atoms with van der Waals surface area (Å²) in [4.78, 5) is 63.2. The largest absolute Gasteiger partial charge is 0.483 e. The van der Waals surface area contributed by atoms with E-state index < -0.39 is 59.8 Å². The van der Waals surface area contributed by atoms with E-state index in [0.717, 1.165) is 34.9 Å². The molecule has 1 aliphatic rings. The van der Waals surface area contributed by atoms with Gasteiger partial charge >= 0.3 is 5.97 Å². The molecule has 12 unspecified atom stereocenters. The third-order valence-electron chi connectivity index (χ3n) is 15.0. The maximum Gasteiger partial charge on any atom is 0.307 e. The number of carbonyl (C=O) groups excluding carboxylic acids is 3. The van der Waals surface area contributed by atoms with Gasteiger partial charge < -0.3 is 58.5 Å². The van der Waals surface area contributed by atoms with Crippen molar-refractivity contribution in [3.8, 4) is 0 Å². The van der Waals surface area contributed by atoms with Crippen LogP contribution in [-0.4, -0.2) is 162 Å². The van der Waals surface area contributed by atoms with Crippen LogP contribution in [0, 0.1) is 29.6 Å². The molecule has 1 aliphatic heterocycles. The fourth-order valence-corrected chi connectivity index (χ4v) is 11.6. The molecule has 1 aromatic carbocycles. The van der Waals surface area contributed by atoms with Crippen molar-refractivity contribution in [3.63, 3.8) is 0 Å². The minimum absolute atomic E-state index is 0.0130. The first-order valence-electron chi connectivity index (χ1n) is 29.3. The Morgan fingerprint density at radius 2 is 1.55 bits per heavy atom. The summed E-state index contributed by atoms with van der Waals surface area (Å²) in [5.41, 5.74) is -1.53. The first kappa shape index (κ1) is 76.7. The molecule has 0 saturated carbocycles. The number of benzene rings is 1. The van der Waals surface area contributed by atoms with Crippen LogP contribution in [0.15, 0.2) is 34.1 Å². The number of aliphatic hydroxyl groups is 2. The number of thioether (sulfide) groups is 1. The number of carboxylic acid groups (broad SMARTS) is 1. The molecule has 4 N–H and O–H groups in total. The standard InChI is InChI=1S/C51H85N3O11S.C8H18O.C2H6.CH2O2/c1-16-32(6)28-50(11,60)48(65-49-45(59)40(53(13)14)22-25-62-49)35(9)46(34(8)42(56)17-2)63-33(7)29-51(12,61-15)47(31(4)5)64-43(57)21-23-52-24-26-66-37-19-20-38-41(27-37)54(18-3)30-39(36(10)55)44(38)58;1-7(2)6-8(3,4)9-5;1-2;2-1-3/h19-20,27,30-35,40,45-49,52,59-60H,16-18,21-26,28-29H2,1-15H3;7H,6H2,1-5H3;1-2H3;1H,(H,2,3). The topological polar surface area (TPSA) is 222 Å². The summed E-state index contributed by atoms with van der Waals surface area (Å²) in [6, 6.07) is 5.47. The van der Waals surface area contributed by atoms with Gasteiger partial charge in [0.25, 0.3) is 6.47 Å². The van der Waals surface area contributed by atoms with Gasteiger partial charge in [0.2, 0.25) is 0 Å². The lowest BCUT2D eigenvalue weighted by Gasteiger charge is -2.46. The second kappa shape index (κ2) is 37.8. The Hall–Kier alpha value is -3.30. The molecular formula is C62H111N3O14S. The number of hydrogen-bond acceptors (Lipinski definition) is 16. The van der Waals surface area contributed by atoms with Crippen LogP contribution in [0.4, 0.5) is 0 Å². The highest BCUT2D eigenvalue weighted by atomic mass is 32.2. The van der Waals surface area contributed by atoms with E-state index in [1.807, 2.05) is 105 Å². The van der Waals surface area contributed by atoms with E-state index in [4.69, 9.17) is 38.3 Å². The van der Waals surface area contributed by atoms with Gasteiger partial charge in [0.1, 0.15) is 23.6 Å². The Bertz CT molecular complexity index is 2170. The zero-order valence-corrected chi connectivity index (χ0v) is 54.3. The predicted octanol–water partition coefficient (Wildman–Crippen LogP) is 10.5. The molecule has 0 amide bonds. The molecule has 0 spiro atoms. The summed E-state index contributed by atoms with van der Waals surface area (Å²) in [6.45, 7) is 37.2. The van der Waals surface area contributed by atoms with Crippen LogP contribution in [0.2, 0.25) is 0 Å². The summed E-state index contributed by atoms with van der Waals surface area (Å²) in [6.07, 6.45) is 0.839. The third kappa shape index (κ3) is 24.9. The third-order valence-corrected chi connectivity index (χ3v) is 16.0. The molecular weight excluding hydrogens is 1040 g/mol. The average molecular weight is 1150 g/mol. The lowest BCUT2D eigenvalue weighted by molar-refractivity contribution is -0.287. The van der Waals surface area contributed by atoms with E-state index in [1.54, 1.807) is 45.2 Å². The number of nitrogens with zero attached hydrogens (tertiary/aromatic N) is 2. The summed E-state index contributed by atoms with van der Waals surface area (Å²) in [7, 11) is 7.19. The van der Waals surface area contributed by atoms with E-state index >= 15 is 0 Å². The van der Waals surface area contributed by atoms with Gasteiger partial charge in [-0.2, -0.15) is 0 Å².